The highest BCUT2D eigenvalue weighted by Gasteiger charge is 2.36. The van der Waals surface area contributed by atoms with Gasteiger partial charge in [-0.15, -0.1) is 0 Å². The van der Waals surface area contributed by atoms with Crippen molar-refractivity contribution in [2.24, 2.45) is 5.92 Å². The normalized spacial score (nSPS) is 23.4. The molecule has 0 radical (unpaired) electrons. The molecule has 3 heterocycles. The number of hydrogen-bond acceptors (Lipinski definition) is 5. The zero-order valence-electron chi connectivity index (χ0n) is 15.9. The number of furan rings is 1. The summed E-state index contributed by atoms with van der Waals surface area (Å²) in [5, 5.41) is 3.46. The minimum atomic E-state index is 0.652. The number of rotatable bonds is 7. The zero-order chi connectivity index (χ0) is 17.9. The van der Waals surface area contributed by atoms with E-state index in [2.05, 4.69) is 58.2 Å². The summed E-state index contributed by atoms with van der Waals surface area (Å²) < 4.78 is 5.94. The van der Waals surface area contributed by atoms with E-state index in [1.165, 1.54) is 12.0 Å². The lowest BCUT2D eigenvalue weighted by Gasteiger charge is -2.34. The Kier molecular flexibility index (Phi) is 5.27. The molecule has 0 spiro atoms. The Labute approximate surface area is 156 Å². The van der Waals surface area contributed by atoms with Crippen LogP contribution in [0.3, 0.4) is 0 Å². The molecule has 2 unspecified atom stereocenters. The summed E-state index contributed by atoms with van der Waals surface area (Å²) in [6, 6.07) is 8.57. The van der Waals surface area contributed by atoms with Gasteiger partial charge in [-0.25, -0.2) is 4.98 Å². The van der Waals surface area contributed by atoms with E-state index in [4.69, 9.17) is 4.42 Å². The van der Waals surface area contributed by atoms with Crippen molar-refractivity contribution in [3.8, 4) is 0 Å². The Hall–Kier alpha value is -1.85. The molecule has 0 aromatic carbocycles. The van der Waals surface area contributed by atoms with Gasteiger partial charge in [0.15, 0.2) is 0 Å². The Morgan fingerprint density at radius 2 is 1.92 bits per heavy atom. The van der Waals surface area contributed by atoms with E-state index in [9.17, 15) is 0 Å². The second kappa shape index (κ2) is 7.80. The van der Waals surface area contributed by atoms with Gasteiger partial charge in [-0.3, -0.25) is 0 Å². The summed E-state index contributed by atoms with van der Waals surface area (Å²) in [7, 11) is 0. The van der Waals surface area contributed by atoms with Crippen molar-refractivity contribution in [2.75, 3.05) is 37.6 Å². The topological polar surface area (TPSA) is 44.5 Å². The van der Waals surface area contributed by atoms with E-state index in [1.807, 2.05) is 6.20 Å². The Balaban J connectivity index is 1.23. The zero-order valence-corrected chi connectivity index (χ0v) is 15.9. The van der Waals surface area contributed by atoms with Crippen molar-refractivity contribution in [2.45, 2.75) is 39.3 Å². The molecule has 26 heavy (non-hydrogen) atoms. The molecule has 1 aliphatic heterocycles. The van der Waals surface area contributed by atoms with Crippen LogP contribution in [0.15, 0.2) is 34.9 Å². The molecule has 1 saturated carbocycles. The SMILES string of the molecule is CCN1CCN(c2ccc(CNCc3ccc(C4CC4C)o3)cn2)CC1. The number of hydrogen-bond donors (Lipinski definition) is 1. The van der Waals surface area contributed by atoms with Crippen molar-refractivity contribution in [3.63, 3.8) is 0 Å². The smallest absolute Gasteiger partial charge is 0.128 e. The summed E-state index contributed by atoms with van der Waals surface area (Å²) in [4.78, 5) is 9.53. The lowest BCUT2D eigenvalue weighted by atomic mass is 10.2. The van der Waals surface area contributed by atoms with Crippen LogP contribution in [-0.4, -0.2) is 42.6 Å². The number of pyridine rings is 1. The van der Waals surface area contributed by atoms with Crippen LogP contribution < -0.4 is 10.2 Å². The fourth-order valence-electron chi connectivity index (χ4n) is 3.74. The van der Waals surface area contributed by atoms with E-state index in [0.29, 0.717) is 5.92 Å². The number of anilines is 1. The molecular formula is C21H30N4O. The first-order chi connectivity index (χ1) is 12.7. The monoisotopic (exact) mass is 354 g/mol. The lowest BCUT2D eigenvalue weighted by molar-refractivity contribution is 0.270. The van der Waals surface area contributed by atoms with E-state index in [-0.39, 0.29) is 0 Å². The molecule has 1 saturated heterocycles. The van der Waals surface area contributed by atoms with E-state index < -0.39 is 0 Å². The molecule has 5 nitrogen and oxygen atoms in total. The number of aromatic nitrogens is 1. The quantitative estimate of drug-likeness (QED) is 0.827. The number of likely N-dealkylation sites (N-methyl/N-ethyl adjacent to an activating group) is 1. The lowest BCUT2D eigenvalue weighted by Crippen LogP contribution is -2.46. The third-order valence-corrected chi connectivity index (χ3v) is 5.74. The Morgan fingerprint density at radius 1 is 1.12 bits per heavy atom. The number of nitrogens with zero attached hydrogens (tertiary/aromatic N) is 3. The highest BCUT2D eigenvalue weighted by atomic mass is 16.3. The van der Waals surface area contributed by atoms with Crippen molar-refractivity contribution < 1.29 is 4.42 Å². The molecule has 2 aliphatic rings. The van der Waals surface area contributed by atoms with Gasteiger partial charge in [-0.05, 0) is 42.6 Å². The van der Waals surface area contributed by atoms with Crippen LogP contribution in [0.25, 0.3) is 0 Å². The van der Waals surface area contributed by atoms with Gasteiger partial charge < -0.3 is 19.5 Å². The standard InChI is InChI=1S/C21H30N4O/c1-3-24-8-10-25(11-9-24)21-7-4-17(14-23-21)13-22-15-18-5-6-20(26-18)19-12-16(19)2/h4-7,14,16,19,22H,3,8-13,15H2,1-2H3. The molecule has 0 amide bonds. The predicted octanol–water partition coefficient (Wildman–Crippen LogP) is 3.23. The molecule has 0 bridgehead atoms. The predicted molar refractivity (Wildman–Crippen MR) is 104 cm³/mol. The highest BCUT2D eigenvalue weighted by Crippen LogP contribution is 2.47. The second-order valence-corrected chi connectivity index (χ2v) is 7.67. The first kappa shape index (κ1) is 17.6. The van der Waals surface area contributed by atoms with Crippen molar-refractivity contribution in [1.29, 1.82) is 0 Å². The van der Waals surface area contributed by atoms with Gasteiger partial charge in [0, 0.05) is 44.8 Å². The average molecular weight is 354 g/mol. The van der Waals surface area contributed by atoms with Gasteiger partial charge in [0.25, 0.3) is 0 Å². The summed E-state index contributed by atoms with van der Waals surface area (Å²) in [6.07, 6.45) is 3.26. The van der Waals surface area contributed by atoms with Gasteiger partial charge in [0.2, 0.25) is 0 Å². The molecule has 4 rings (SSSR count). The first-order valence-corrected chi connectivity index (χ1v) is 9.94. The van der Waals surface area contributed by atoms with Crippen LogP contribution >= 0.6 is 0 Å². The minimum absolute atomic E-state index is 0.652. The van der Waals surface area contributed by atoms with Gasteiger partial charge in [-0.1, -0.05) is 19.9 Å². The van der Waals surface area contributed by atoms with Crippen LogP contribution in [0.4, 0.5) is 5.82 Å². The van der Waals surface area contributed by atoms with Gasteiger partial charge in [0.05, 0.1) is 6.54 Å². The largest absolute Gasteiger partial charge is 0.464 e. The Bertz CT molecular complexity index is 703. The van der Waals surface area contributed by atoms with Crippen LogP contribution in [0.1, 0.15) is 43.3 Å². The maximum absolute atomic E-state index is 5.94. The van der Waals surface area contributed by atoms with Crippen LogP contribution in [0, 0.1) is 5.92 Å². The fraction of sp³-hybridized carbons (Fsp3) is 0.571. The van der Waals surface area contributed by atoms with E-state index >= 15 is 0 Å². The van der Waals surface area contributed by atoms with Gasteiger partial charge >= 0.3 is 0 Å². The second-order valence-electron chi connectivity index (χ2n) is 7.67. The van der Waals surface area contributed by atoms with Crippen molar-refractivity contribution in [3.05, 3.63) is 47.5 Å². The van der Waals surface area contributed by atoms with E-state index in [1.54, 1.807) is 0 Å². The molecular weight excluding hydrogens is 324 g/mol. The fourth-order valence-corrected chi connectivity index (χ4v) is 3.74. The van der Waals surface area contributed by atoms with Crippen LogP contribution in [0.5, 0.6) is 0 Å². The molecule has 140 valence electrons. The molecule has 1 aliphatic carbocycles. The first-order valence-electron chi connectivity index (χ1n) is 9.94. The summed E-state index contributed by atoms with van der Waals surface area (Å²) >= 11 is 0. The number of piperazine rings is 1. The van der Waals surface area contributed by atoms with Crippen LogP contribution in [-0.2, 0) is 13.1 Å². The maximum Gasteiger partial charge on any atom is 0.128 e. The molecule has 1 N–H and O–H groups in total. The van der Waals surface area contributed by atoms with Gasteiger partial charge in [0.1, 0.15) is 17.3 Å². The minimum Gasteiger partial charge on any atom is -0.464 e. The third-order valence-electron chi connectivity index (χ3n) is 5.74. The molecule has 5 heteroatoms. The number of nitrogens with one attached hydrogen (secondary N) is 1. The molecule has 2 aromatic rings. The summed E-state index contributed by atoms with van der Waals surface area (Å²) in [5.41, 5.74) is 1.21. The molecule has 2 fully saturated rings. The average Bonchev–Trinajstić information content (AvgIpc) is 3.23. The van der Waals surface area contributed by atoms with Crippen LogP contribution in [0.2, 0.25) is 0 Å². The summed E-state index contributed by atoms with van der Waals surface area (Å²) in [6.45, 7) is 11.6. The van der Waals surface area contributed by atoms with Crippen molar-refractivity contribution in [1.82, 2.24) is 15.2 Å². The highest BCUT2D eigenvalue weighted by molar-refractivity contribution is 5.39. The molecule has 2 atom stereocenters. The van der Waals surface area contributed by atoms with Gasteiger partial charge in [-0.2, -0.15) is 0 Å². The maximum atomic E-state index is 5.94. The molecule has 2 aromatic heterocycles. The summed E-state index contributed by atoms with van der Waals surface area (Å²) in [5.74, 6) is 4.72. The Morgan fingerprint density at radius 3 is 2.58 bits per heavy atom. The van der Waals surface area contributed by atoms with Crippen molar-refractivity contribution >= 4 is 5.82 Å². The van der Waals surface area contributed by atoms with E-state index in [0.717, 1.165) is 69.1 Å². The third kappa shape index (κ3) is 4.10.